The molecule has 1 saturated heterocycles. The van der Waals surface area contributed by atoms with Crippen LogP contribution in [-0.2, 0) is 4.79 Å². The summed E-state index contributed by atoms with van der Waals surface area (Å²) in [6, 6.07) is 0. The summed E-state index contributed by atoms with van der Waals surface area (Å²) in [6.45, 7) is 4.39. The molecule has 0 radical (unpaired) electrons. The van der Waals surface area contributed by atoms with Crippen molar-refractivity contribution in [1.82, 2.24) is 4.90 Å². The molecule has 1 aliphatic rings. The van der Waals surface area contributed by atoms with Gasteiger partial charge in [-0.05, 0) is 19.0 Å². The molecule has 0 bridgehead atoms. The SMILES string of the molecule is C=CN1CC[C@H](CCO)C1=O. The van der Waals surface area contributed by atoms with E-state index in [1.807, 2.05) is 0 Å². The second kappa shape index (κ2) is 3.53. The lowest BCUT2D eigenvalue weighted by Crippen LogP contribution is -2.21. The number of rotatable bonds is 3. The van der Waals surface area contributed by atoms with Crippen molar-refractivity contribution >= 4 is 5.91 Å². The third-order valence-electron chi connectivity index (χ3n) is 2.05. The van der Waals surface area contributed by atoms with Gasteiger partial charge in [-0.25, -0.2) is 0 Å². The standard InChI is InChI=1S/C8H13NO2/c1-2-9-5-3-7(4-6-10)8(9)11/h2,7,10H,1,3-6H2/t7-/m1/s1. The van der Waals surface area contributed by atoms with Crippen LogP contribution in [0.2, 0.25) is 0 Å². The van der Waals surface area contributed by atoms with Gasteiger partial charge in [0, 0.05) is 19.1 Å². The van der Waals surface area contributed by atoms with Crippen LogP contribution in [0.3, 0.4) is 0 Å². The molecule has 11 heavy (non-hydrogen) atoms. The average Bonchev–Trinajstić information content (AvgIpc) is 2.34. The van der Waals surface area contributed by atoms with Crippen LogP contribution in [0.4, 0.5) is 0 Å². The summed E-state index contributed by atoms with van der Waals surface area (Å²) in [5, 5.41) is 8.61. The van der Waals surface area contributed by atoms with Gasteiger partial charge in [0.25, 0.3) is 0 Å². The molecule has 3 nitrogen and oxygen atoms in total. The van der Waals surface area contributed by atoms with Gasteiger partial charge in [0.2, 0.25) is 5.91 Å². The minimum atomic E-state index is 0.0259. The molecule has 0 unspecified atom stereocenters. The summed E-state index contributed by atoms with van der Waals surface area (Å²) in [7, 11) is 0. The molecular formula is C8H13NO2. The first-order valence-corrected chi connectivity index (χ1v) is 3.83. The maximum absolute atomic E-state index is 11.3. The van der Waals surface area contributed by atoms with Gasteiger partial charge in [0.05, 0.1) is 0 Å². The number of aliphatic hydroxyl groups excluding tert-OH is 1. The van der Waals surface area contributed by atoms with E-state index in [9.17, 15) is 4.79 Å². The Morgan fingerprint density at radius 2 is 2.55 bits per heavy atom. The smallest absolute Gasteiger partial charge is 0.229 e. The summed E-state index contributed by atoms with van der Waals surface area (Å²) in [5.74, 6) is 0.132. The van der Waals surface area contributed by atoms with Crippen molar-refractivity contribution in [2.45, 2.75) is 12.8 Å². The molecule has 1 rings (SSSR count). The number of carbonyl (C=O) groups is 1. The quantitative estimate of drug-likeness (QED) is 0.639. The zero-order valence-electron chi connectivity index (χ0n) is 6.49. The molecule has 1 fully saturated rings. The number of nitrogens with zero attached hydrogens (tertiary/aromatic N) is 1. The Hall–Kier alpha value is -0.830. The van der Waals surface area contributed by atoms with E-state index in [1.54, 1.807) is 11.1 Å². The summed E-state index contributed by atoms with van der Waals surface area (Å²) < 4.78 is 0. The number of amides is 1. The fourth-order valence-corrected chi connectivity index (χ4v) is 1.37. The highest BCUT2D eigenvalue weighted by molar-refractivity contribution is 5.81. The van der Waals surface area contributed by atoms with Gasteiger partial charge in [0.1, 0.15) is 0 Å². The fraction of sp³-hybridized carbons (Fsp3) is 0.625. The highest BCUT2D eigenvalue weighted by atomic mass is 16.3. The number of aliphatic hydroxyl groups is 1. The van der Waals surface area contributed by atoms with E-state index in [0.29, 0.717) is 6.42 Å². The van der Waals surface area contributed by atoms with Crippen LogP contribution in [0.5, 0.6) is 0 Å². The molecule has 1 aliphatic heterocycles. The number of likely N-dealkylation sites (tertiary alicyclic amines) is 1. The van der Waals surface area contributed by atoms with Crippen LogP contribution >= 0.6 is 0 Å². The van der Waals surface area contributed by atoms with Crippen molar-refractivity contribution < 1.29 is 9.90 Å². The van der Waals surface area contributed by atoms with Gasteiger partial charge in [0.15, 0.2) is 0 Å². The maximum atomic E-state index is 11.3. The molecule has 0 aromatic heterocycles. The highest BCUT2D eigenvalue weighted by Crippen LogP contribution is 2.20. The third-order valence-corrected chi connectivity index (χ3v) is 2.05. The fourth-order valence-electron chi connectivity index (χ4n) is 1.37. The first-order valence-electron chi connectivity index (χ1n) is 3.83. The van der Waals surface area contributed by atoms with Gasteiger partial charge < -0.3 is 10.0 Å². The molecule has 0 spiro atoms. The van der Waals surface area contributed by atoms with Crippen LogP contribution in [0.1, 0.15) is 12.8 Å². The first kappa shape index (κ1) is 8.27. The summed E-state index contributed by atoms with van der Waals surface area (Å²) in [6.07, 6.45) is 2.99. The highest BCUT2D eigenvalue weighted by Gasteiger charge is 2.28. The monoisotopic (exact) mass is 155 g/mol. The average molecular weight is 155 g/mol. The van der Waals surface area contributed by atoms with Crippen molar-refractivity contribution in [3.63, 3.8) is 0 Å². The van der Waals surface area contributed by atoms with E-state index in [0.717, 1.165) is 13.0 Å². The van der Waals surface area contributed by atoms with Crippen molar-refractivity contribution in [3.8, 4) is 0 Å². The molecule has 0 aliphatic carbocycles. The van der Waals surface area contributed by atoms with Crippen LogP contribution in [0, 0.1) is 5.92 Å². The lowest BCUT2D eigenvalue weighted by Gasteiger charge is -2.09. The van der Waals surface area contributed by atoms with E-state index in [2.05, 4.69) is 6.58 Å². The largest absolute Gasteiger partial charge is 0.396 e. The van der Waals surface area contributed by atoms with Crippen molar-refractivity contribution in [1.29, 1.82) is 0 Å². The number of hydrogen-bond donors (Lipinski definition) is 1. The van der Waals surface area contributed by atoms with Gasteiger partial charge in [-0.15, -0.1) is 0 Å². The normalized spacial score (nSPS) is 24.3. The Labute approximate surface area is 66.3 Å². The molecule has 3 heteroatoms. The van der Waals surface area contributed by atoms with Gasteiger partial charge >= 0.3 is 0 Å². The van der Waals surface area contributed by atoms with Crippen LogP contribution in [0.15, 0.2) is 12.8 Å². The second-order valence-electron chi connectivity index (χ2n) is 2.71. The zero-order valence-corrected chi connectivity index (χ0v) is 6.49. The Morgan fingerprint density at radius 3 is 3.00 bits per heavy atom. The van der Waals surface area contributed by atoms with Crippen LogP contribution < -0.4 is 0 Å². The molecule has 62 valence electrons. The Morgan fingerprint density at radius 1 is 1.82 bits per heavy atom. The lowest BCUT2D eigenvalue weighted by molar-refractivity contribution is -0.129. The summed E-state index contributed by atoms with van der Waals surface area (Å²) in [4.78, 5) is 12.9. The van der Waals surface area contributed by atoms with Crippen LogP contribution in [-0.4, -0.2) is 29.1 Å². The molecule has 1 atom stereocenters. The van der Waals surface area contributed by atoms with Crippen molar-refractivity contribution in [3.05, 3.63) is 12.8 Å². The molecule has 1 heterocycles. The van der Waals surface area contributed by atoms with Crippen LogP contribution in [0.25, 0.3) is 0 Å². The summed E-state index contributed by atoms with van der Waals surface area (Å²) in [5.41, 5.74) is 0. The van der Waals surface area contributed by atoms with E-state index in [-0.39, 0.29) is 18.4 Å². The first-order chi connectivity index (χ1) is 5.29. The molecule has 0 saturated carbocycles. The number of carbonyl (C=O) groups excluding carboxylic acids is 1. The predicted molar refractivity (Wildman–Crippen MR) is 41.7 cm³/mol. The summed E-state index contributed by atoms with van der Waals surface area (Å²) >= 11 is 0. The van der Waals surface area contributed by atoms with Gasteiger partial charge in [-0.2, -0.15) is 0 Å². The Bertz CT molecular complexity index is 167. The third kappa shape index (κ3) is 1.60. The minimum Gasteiger partial charge on any atom is -0.396 e. The van der Waals surface area contributed by atoms with Gasteiger partial charge in [-0.3, -0.25) is 4.79 Å². The molecule has 1 N–H and O–H groups in total. The maximum Gasteiger partial charge on any atom is 0.229 e. The number of hydrogen-bond acceptors (Lipinski definition) is 2. The minimum absolute atomic E-state index is 0.0259. The Balaban J connectivity index is 2.48. The zero-order chi connectivity index (χ0) is 8.27. The van der Waals surface area contributed by atoms with Crippen molar-refractivity contribution in [2.24, 2.45) is 5.92 Å². The van der Waals surface area contributed by atoms with Gasteiger partial charge in [-0.1, -0.05) is 6.58 Å². The van der Waals surface area contributed by atoms with E-state index in [1.165, 1.54) is 0 Å². The van der Waals surface area contributed by atoms with Crippen molar-refractivity contribution in [2.75, 3.05) is 13.2 Å². The molecule has 0 aromatic carbocycles. The molecule has 1 amide bonds. The topological polar surface area (TPSA) is 40.5 Å². The predicted octanol–water partition coefficient (Wildman–Crippen LogP) is 0.361. The van der Waals surface area contributed by atoms with E-state index >= 15 is 0 Å². The molecule has 0 aromatic rings. The molecular weight excluding hydrogens is 142 g/mol. The van der Waals surface area contributed by atoms with E-state index in [4.69, 9.17) is 5.11 Å². The van der Waals surface area contributed by atoms with E-state index < -0.39 is 0 Å². The Kier molecular flexibility index (Phi) is 2.65. The lowest BCUT2D eigenvalue weighted by atomic mass is 10.1. The second-order valence-corrected chi connectivity index (χ2v) is 2.71.